The van der Waals surface area contributed by atoms with Crippen LogP contribution in [0.3, 0.4) is 0 Å². The van der Waals surface area contributed by atoms with Crippen LogP contribution in [0.2, 0.25) is 0 Å². The SMILES string of the molecule is Cc1nc(CNC(=O)[C@H](C)N2[C@@H](C)CC[C@@H]2C)no1. The summed E-state index contributed by atoms with van der Waals surface area (Å²) in [6.07, 6.45) is 2.31. The molecule has 1 aliphatic rings. The van der Waals surface area contributed by atoms with Crippen molar-refractivity contribution in [1.82, 2.24) is 20.4 Å². The summed E-state index contributed by atoms with van der Waals surface area (Å²) in [5.41, 5.74) is 0. The predicted molar refractivity (Wildman–Crippen MR) is 70.3 cm³/mol. The summed E-state index contributed by atoms with van der Waals surface area (Å²) in [4.78, 5) is 18.5. The molecule has 19 heavy (non-hydrogen) atoms. The largest absolute Gasteiger partial charge is 0.347 e. The van der Waals surface area contributed by atoms with Gasteiger partial charge in [-0.25, -0.2) is 0 Å². The zero-order valence-electron chi connectivity index (χ0n) is 12.0. The maximum atomic E-state index is 12.2. The van der Waals surface area contributed by atoms with Crippen LogP contribution in [-0.2, 0) is 11.3 Å². The van der Waals surface area contributed by atoms with Crippen LogP contribution in [0.25, 0.3) is 0 Å². The van der Waals surface area contributed by atoms with Gasteiger partial charge in [-0.2, -0.15) is 4.98 Å². The highest BCUT2D eigenvalue weighted by Gasteiger charge is 2.34. The van der Waals surface area contributed by atoms with Crippen LogP contribution in [0.1, 0.15) is 45.3 Å². The second-order valence-electron chi connectivity index (χ2n) is 5.35. The van der Waals surface area contributed by atoms with Crippen molar-refractivity contribution in [2.24, 2.45) is 0 Å². The maximum absolute atomic E-state index is 12.2. The Balaban J connectivity index is 1.88. The zero-order chi connectivity index (χ0) is 14.0. The number of hydrogen-bond acceptors (Lipinski definition) is 5. The number of aryl methyl sites for hydroxylation is 1. The van der Waals surface area contributed by atoms with Gasteiger partial charge >= 0.3 is 0 Å². The second kappa shape index (κ2) is 5.69. The van der Waals surface area contributed by atoms with Gasteiger partial charge in [0.05, 0.1) is 12.6 Å². The summed E-state index contributed by atoms with van der Waals surface area (Å²) in [5.74, 6) is 1.04. The molecule has 6 nitrogen and oxygen atoms in total. The maximum Gasteiger partial charge on any atom is 0.237 e. The van der Waals surface area contributed by atoms with E-state index in [-0.39, 0.29) is 11.9 Å². The fraction of sp³-hybridized carbons (Fsp3) is 0.769. The highest BCUT2D eigenvalue weighted by molar-refractivity contribution is 5.81. The van der Waals surface area contributed by atoms with E-state index in [9.17, 15) is 4.79 Å². The molecule has 1 aromatic heterocycles. The fourth-order valence-electron chi connectivity index (χ4n) is 2.84. The Morgan fingerprint density at radius 3 is 2.63 bits per heavy atom. The lowest BCUT2D eigenvalue weighted by atomic mass is 10.2. The van der Waals surface area contributed by atoms with Crippen molar-refractivity contribution in [3.8, 4) is 0 Å². The predicted octanol–water partition coefficient (Wildman–Crippen LogP) is 1.26. The van der Waals surface area contributed by atoms with Crippen molar-refractivity contribution in [3.63, 3.8) is 0 Å². The Bertz CT molecular complexity index is 436. The van der Waals surface area contributed by atoms with E-state index in [1.54, 1.807) is 6.92 Å². The van der Waals surface area contributed by atoms with Gasteiger partial charge < -0.3 is 9.84 Å². The Labute approximate surface area is 113 Å². The number of likely N-dealkylation sites (tertiary alicyclic amines) is 1. The number of nitrogens with one attached hydrogen (secondary N) is 1. The fourth-order valence-corrected chi connectivity index (χ4v) is 2.84. The van der Waals surface area contributed by atoms with Gasteiger partial charge in [0.15, 0.2) is 5.82 Å². The van der Waals surface area contributed by atoms with Gasteiger partial charge in [0, 0.05) is 19.0 Å². The molecule has 6 heteroatoms. The minimum absolute atomic E-state index is 0.0167. The topological polar surface area (TPSA) is 71.3 Å². The lowest BCUT2D eigenvalue weighted by Gasteiger charge is -2.31. The monoisotopic (exact) mass is 266 g/mol. The molecule has 1 N–H and O–H groups in total. The minimum Gasteiger partial charge on any atom is -0.347 e. The first-order chi connectivity index (χ1) is 8.99. The first-order valence-corrected chi connectivity index (χ1v) is 6.83. The number of carbonyl (C=O) groups is 1. The van der Waals surface area contributed by atoms with Gasteiger partial charge in [-0.15, -0.1) is 0 Å². The summed E-state index contributed by atoms with van der Waals surface area (Å²) >= 11 is 0. The van der Waals surface area contributed by atoms with Crippen molar-refractivity contribution in [2.75, 3.05) is 0 Å². The van der Waals surface area contributed by atoms with Crippen molar-refractivity contribution in [2.45, 2.75) is 65.2 Å². The molecule has 1 fully saturated rings. The highest BCUT2D eigenvalue weighted by Crippen LogP contribution is 2.25. The van der Waals surface area contributed by atoms with Gasteiger partial charge in [0.25, 0.3) is 0 Å². The molecule has 0 aromatic carbocycles. The molecule has 1 amide bonds. The van der Waals surface area contributed by atoms with Crippen LogP contribution in [-0.4, -0.2) is 39.1 Å². The Hall–Kier alpha value is -1.43. The van der Waals surface area contributed by atoms with E-state index in [1.807, 2.05) is 6.92 Å². The normalized spacial score (nSPS) is 25.5. The molecular formula is C13H22N4O2. The highest BCUT2D eigenvalue weighted by atomic mass is 16.5. The second-order valence-corrected chi connectivity index (χ2v) is 5.35. The van der Waals surface area contributed by atoms with E-state index >= 15 is 0 Å². The molecule has 2 rings (SSSR count). The molecule has 0 radical (unpaired) electrons. The van der Waals surface area contributed by atoms with Crippen molar-refractivity contribution in [3.05, 3.63) is 11.7 Å². The lowest BCUT2D eigenvalue weighted by molar-refractivity contribution is -0.127. The number of hydrogen-bond donors (Lipinski definition) is 1. The zero-order valence-corrected chi connectivity index (χ0v) is 12.0. The lowest BCUT2D eigenvalue weighted by Crippen LogP contribution is -2.49. The molecule has 106 valence electrons. The molecule has 0 bridgehead atoms. The first kappa shape index (κ1) is 14.0. The standard InChI is InChI=1S/C13H22N4O2/c1-8-5-6-9(2)17(8)10(3)13(18)14-7-12-15-11(4)19-16-12/h8-10H,5-7H2,1-4H3,(H,14,18)/t8-,9-,10-/m0/s1. The quantitative estimate of drug-likeness (QED) is 0.888. The van der Waals surface area contributed by atoms with Crippen LogP contribution in [0.4, 0.5) is 0 Å². The molecule has 1 saturated heterocycles. The van der Waals surface area contributed by atoms with Crippen LogP contribution >= 0.6 is 0 Å². The average molecular weight is 266 g/mol. The van der Waals surface area contributed by atoms with E-state index in [0.717, 1.165) is 12.8 Å². The molecule has 0 unspecified atom stereocenters. The van der Waals surface area contributed by atoms with Crippen LogP contribution in [0, 0.1) is 6.92 Å². The number of carbonyl (C=O) groups excluding carboxylic acids is 1. The summed E-state index contributed by atoms with van der Waals surface area (Å²) in [6.45, 7) is 8.35. The molecule has 0 aliphatic carbocycles. The third-order valence-electron chi connectivity index (χ3n) is 3.84. The minimum atomic E-state index is -0.125. The third kappa shape index (κ3) is 3.12. The van der Waals surface area contributed by atoms with Gasteiger partial charge in [-0.05, 0) is 33.6 Å². The molecule has 0 spiro atoms. The average Bonchev–Trinajstić information content (AvgIpc) is 2.92. The van der Waals surface area contributed by atoms with Crippen LogP contribution < -0.4 is 5.32 Å². The van der Waals surface area contributed by atoms with Crippen LogP contribution in [0.5, 0.6) is 0 Å². The summed E-state index contributed by atoms with van der Waals surface area (Å²) in [7, 11) is 0. The Morgan fingerprint density at radius 1 is 1.47 bits per heavy atom. The number of nitrogens with zero attached hydrogens (tertiary/aromatic N) is 3. The number of rotatable bonds is 4. The van der Waals surface area contributed by atoms with Gasteiger partial charge in [0.2, 0.25) is 11.8 Å². The molecular weight excluding hydrogens is 244 g/mol. The van der Waals surface area contributed by atoms with Gasteiger partial charge in [-0.3, -0.25) is 9.69 Å². The smallest absolute Gasteiger partial charge is 0.237 e. The first-order valence-electron chi connectivity index (χ1n) is 6.83. The Kier molecular flexibility index (Phi) is 4.19. The van der Waals surface area contributed by atoms with Crippen molar-refractivity contribution >= 4 is 5.91 Å². The van der Waals surface area contributed by atoms with Gasteiger partial charge in [-0.1, -0.05) is 5.16 Å². The van der Waals surface area contributed by atoms with E-state index < -0.39 is 0 Å². The van der Waals surface area contributed by atoms with Crippen LogP contribution in [0.15, 0.2) is 4.52 Å². The Morgan fingerprint density at radius 2 is 2.11 bits per heavy atom. The summed E-state index contributed by atoms with van der Waals surface area (Å²) < 4.78 is 4.87. The van der Waals surface area contributed by atoms with Gasteiger partial charge in [0.1, 0.15) is 0 Å². The number of aromatic nitrogens is 2. The third-order valence-corrected chi connectivity index (χ3v) is 3.84. The van der Waals surface area contributed by atoms with E-state index in [0.29, 0.717) is 30.3 Å². The van der Waals surface area contributed by atoms with E-state index in [1.165, 1.54) is 0 Å². The molecule has 2 heterocycles. The number of amides is 1. The molecule has 1 aliphatic heterocycles. The van der Waals surface area contributed by atoms with E-state index in [4.69, 9.17) is 4.52 Å². The summed E-state index contributed by atoms with van der Waals surface area (Å²) in [6, 6.07) is 0.798. The van der Waals surface area contributed by atoms with Crippen molar-refractivity contribution < 1.29 is 9.32 Å². The molecule has 1 aromatic rings. The molecule has 0 saturated carbocycles. The van der Waals surface area contributed by atoms with E-state index in [2.05, 4.69) is 34.2 Å². The summed E-state index contributed by atoms with van der Waals surface area (Å²) in [5, 5.41) is 6.62. The molecule has 3 atom stereocenters. The van der Waals surface area contributed by atoms with Crippen molar-refractivity contribution in [1.29, 1.82) is 0 Å².